The molecule has 1 aromatic rings. The van der Waals surface area contributed by atoms with Gasteiger partial charge in [0.05, 0.1) is 6.61 Å². The average molecular weight is 294 g/mol. The molecule has 1 N–H and O–H groups in total. The maximum Gasteiger partial charge on any atom is 0.226 e. The molecule has 0 aromatic carbocycles. The Kier molecular flexibility index (Phi) is 4.10. The Hall–Kier alpha value is -0.910. The van der Waals surface area contributed by atoms with Crippen LogP contribution >= 0.6 is 11.3 Å². The molecule has 110 valence electrons. The number of rotatable bonds is 4. The van der Waals surface area contributed by atoms with Crippen LogP contribution in [0.5, 0.6) is 0 Å². The number of hydrogen-bond acceptors (Lipinski definition) is 4. The standard InChI is InChI=1S/C15H22N2O2S/c1-11-2-3-14(20-11)12-10-13(12)15(19)17-6-4-16(5-7-17)8-9-18/h2-3,12-13,18H,4-10H2,1H3/t12-,13-/m1/s1. The molecule has 0 spiro atoms. The lowest BCUT2D eigenvalue weighted by Crippen LogP contribution is -2.49. The van der Waals surface area contributed by atoms with Gasteiger partial charge in [0, 0.05) is 54.3 Å². The first-order valence-corrected chi connectivity index (χ1v) is 8.19. The van der Waals surface area contributed by atoms with Crippen molar-refractivity contribution in [3.8, 4) is 0 Å². The van der Waals surface area contributed by atoms with Gasteiger partial charge in [-0.2, -0.15) is 0 Å². The Morgan fingerprint density at radius 3 is 2.70 bits per heavy atom. The zero-order chi connectivity index (χ0) is 14.1. The van der Waals surface area contributed by atoms with E-state index in [2.05, 4.69) is 24.0 Å². The topological polar surface area (TPSA) is 43.8 Å². The fraction of sp³-hybridized carbons (Fsp3) is 0.667. The summed E-state index contributed by atoms with van der Waals surface area (Å²) < 4.78 is 0. The van der Waals surface area contributed by atoms with E-state index in [-0.39, 0.29) is 12.5 Å². The fourth-order valence-electron chi connectivity index (χ4n) is 3.00. The van der Waals surface area contributed by atoms with Gasteiger partial charge in [-0.05, 0) is 25.5 Å². The van der Waals surface area contributed by atoms with Crippen molar-refractivity contribution in [3.63, 3.8) is 0 Å². The van der Waals surface area contributed by atoms with Crippen molar-refractivity contribution in [1.82, 2.24) is 9.80 Å². The van der Waals surface area contributed by atoms with Gasteiger partial charge in [-0.3, -0.25) is 9.69 Å². The highest BCUT2D eigenvalue weighted by molar-refractivity contribution is 7.12. The zero-order valence-corrected chi connectivity index (χ0v) is 12.7. The molecule has 0 bridgehead atoms. The van der Waals surface area contributed by atoms with E-state index in [1.807, 2.05) is 16.2 Å². The van der Waals surface area contributed by atoms with E-state index in [4.69, 9.17) is 5.11 Å². The van der Waals surface area contributed by atoms with Crippen LogP contribution in [0.25, 0.3) is 0 Å². The Morgan fingerprint density at radius 2 is 2.10 bits per heavy atom. The number of aliphatic hydroxyl groups is 1. The van der Waals surface area contributed by atoms with E-state index >= 15 is 0 Å². The molecule has 2 aliphatic rings. The Labute approximate surface area is 124 Å². The molecule has 0 unspecified atom stereocenters. The number of aryl methyl sites for hydroxylation is 1. The molecule has 5 heteroatoms. The smallest absolute Gasteiger partial charge is 0.226 e. The summed E-state index contributed by atoms with van der Waals surface area (Å²) in [6.45, 7) is 6.45. The van der Waals surface area contributed by atoms with Crippen molar-refractivity contribution in [2.75, 3.05) is 39.3 Å². The number of β-amino-alcohol motifs (C(OH)–C–C–N with tert-alkyl or cyclic N) is 1. The molecule has 1 aliphatic carbocycles. The summed E-state index contributed by atoms with van der Waals surface area (Å²) in [4.78, 5) is 19.4. The van der Waals surface area contributed by atoms with Crippen LogP contribution in [0.3, 0.4) is 0 Å². The number of piperazine rings is 1. The third-order valence-electron chi connectivity index (χ3n) is 4.33. The van der Waals surface area contributed by atoms with E-state index in [1.165, 1.54) is 9.75 Å². The Morgan fingerprint density at radius 1 is 1.35 bits per heavy atom. The fourth-order valence-corrected chi connectivity index (χ4v) is 4.06. The SMILES string of the molecule is Cc1ccc([C@@H]2C[C@H]2C(=O)N2CCN(CCO)CC2)s1. The minimum absolute atomic E-state index is 0.205. The van der Waals surface area contributed by atoms with Crippen LogP contribution in [-0.2, 0) is 4.79 Å². The van der Waals surface area contributed by atoms with Gasteiger partial charge in [0.1, 0.15) is 0 Å². The summed E-state index contributed by atoms with van der Waals surface area (Å²) in [7, 11) is 0. The molecule has 1 saturated carbocycles. The molecule has 1 amide bonds. The first kappa shape index (κ1) is 14.0. The summed E-state index contributed by atoms with van der Waals surface area (Å²) >= 11 is 1.83. The largest absolute Gasteiger partial charge is 0.395 e. The molecule has 0 radical (unpaired) electrons. The van der Waals surface area contributed by atoms with Gasteiger partial charge < -0.3 is 10.0 Å². The maximum absolute atomic E-state index is 12.5. The molecule has 4 nitrogen and oxygen atoms in total. The first-order chi connectivity index (χ1) is 9.69. The van der Waals surface area contributed by atoms with Crippen LogP contribution in [0.2, 0.25) is 0 Å². The molecule has 1 saturated heterocycles. The van der Waals surface area contributed by atoms with Gasteiger partial charge >= 0.3 is 0 Å². The highest BCUT2D eigenvalue weighted by Gasteiger charge is 2.46. The molecular weight excluding hydrogens is 272 g/mol. The normalized spacial score (nSPS) is 26.8. The second kappa shape index (κ2) is 5.84. The molecule has 1 aromatic heterocycles. The van der Waals surface area contributed by atoms with Crippen LogP contribution < -0.4 is 0 Å². The number of amides is 1. The predicted molar refractivity (Wildman–Crippen MR) is 80.0 cm³/mol. The molecule has 1 aliphatic heterocycles. The monoisotopic (exact) mass is 294 g/mol. The molecule has 2 heterocycles. The van der Waals surface area contributed by atoms with E-state index in [9.17, 15) is 4.79 Å². The molecule has 2 fully saturated rings. The summed E-state index contributed by atoms with van der Waals surface area (Å²) in [5.74, 6) is 1.03. The lowest BCUT2D eigenvalue weighted by atomic mass is 10.2. The van der Waals surface area contributed by atoms with Crippen LogP contribution in [-0.4, -0.2) is 60.1 Å². The van der Waals surface area contributed by atoms with E-state index in [0.29, 0.717) is 11.8 Å². The summed E-state index contributed by atoms with van der Waals surface area (Å²) in [5, 5.41) is 8.93. The molecular formula is C15H22N2O2S. The summed E-state index contributed by atoms with van der Waals surface area (Å²) in [6.07, 6.45) is 1.02. The third-order valence-corrected chi connectivity index (χ3v) is 5.47. The first-order valence-electron chi connectivity index (χ1n) is 7.37. The number of carbonyl (C=O) groups excluding carboxylic acids is 1. The van der Waals surface area contributed by atoms with Crippen molar-refractivity contribution < 1.29 is 9.90 Å². The second-order valence-electron chi connectivity index (χ2n) is 5.79. The van der Waals surface area contributed by atoms with Crippen LogP contribution in [0.1, 0.15) is 22.1 Å². The van der Waals surface area contributed by atoms with Gasteiger partial charge in [0.2, 0.25) is 5.91 Å². The maximum atomic E-state index is 12.5. The minimum atomic E-state index is 0.205. The van der Waals surface area contributed by atoms with Crippen LogP contribution in [0.15, 0.2) is 12.1 Å². The lowest BCUT2D eigenvalue weighted by Gasteiger charge is -2.34. The number of aliphatic hydroxyl groups excluding tert-OH is 1. The van der Waals surface area contributed by atoms with Gasteiger partial charge in [-0.25, -0.2) is 0 Å². The number of nitrogens with zero attached hydrogens (tertiary/aromatic N) is 2. The van der Waals surface area contributed by atoms with Crippen molar-refractivity contribution in [1.29, 1.82) is 0 Å². The zero-order valence-electron chi connectivity index (χ0n) is 11.9. The molecule has 3 rings (SSSR count). The summed E-state index contributed by atoms with van der Waals surface area (Å²) in [5.41, 5.74) is 0. The van der Waals surface area contributed by atoms with Gasteiger partial charge in [0.25, 0.3) is 0 Å². The molecule has 2 atom stereocenters. The van der Waals surface area contributed by atoms with Crippen molar-refractivity contribution in [3.05, 3.63) is 21.9 Å². The lowest BCUT2D eigenvalue weighted by molar-refractivity contribution is -0.134. The number of thiophene rings is 1. The van der Waals surface area contributed by atoms with E-state index in [1.54, 1.807) is 0 Å². The predicted octanol–water partition coefficient (Wildman–Crippen LogP) is 1.30. The highest BCUT2D eigenvalue weighted by Crippen LogP contribution is 2.50. The van der Waals surface area contributed by atoms with Gasteiger partial charge in [0.15, 0.2) is 0 Å². The van der Waals surface area contributed by atoms with Gasteiger partial charge in [-0.1, -0.05) is 0 Å². The minimum Gasteiger partial charge on any atom is -0.395 e. The van der Waals surface area contributed by atoms with Crippen LogP contribution in [0, 0.1) is 12.8 Å². The second-order valence-corrected chi connectivity index (χ2v) is 7.11. The Balaban J connectivity index is 1.51. The third kappa shape index (κ3) is 2.90. The van der Waals surface area contributed by atoms with E-state index < -0.39 is 0 Å². The highest BCUT2D eigenvalue weighted by atomic mass is 32.1. The summed E-state index contributed by atoms with van der Waals surface area (Å²) in [6, 6.07) is 4.32. The average Bonchev–Trinajstić information content (AvgIpc) is 3.14. The van der Waals surface area contributed by atoms with Crippen molar-refractivity contribution >= 4 is 17.2 Å². The quantitative estimate of drug-likeness (QED) is 0.910. The van der Waals surface area contributed by atoms with Gasteiger partial charge in [-0.15, -0.1) is 11.3 Å². The van der Waals surface area contributed by atoms with Crippen LogP contribution in [0.4, 0.5) is 0 Å². The molecule has 20 heavy (non-hydrogen) atoms. The van der Waals surface area contributed by atoms with E-state index in [0.717, 1.165) is 39.1 Å². The number of hydrogen-bond donors (Lipinski definition) is 1. The number of carbonyl (C=O) groups is 1. The van der Waals surface area contributed by atoms with Crippen molar-refractivity contribution in [2.45, 2.75) is 19.3 Å². The van der Waals surface area contributed by atoms with Crippen molar-refractivity contribution in [2.24, 2.45) is 5.92 Å². The Bertz CT molecular complexity index is 480.